The number of rotatable bonds is 7. The lowest BCUT2D eigenvalue weighted by Crippen LogP contribution is -2.43. The Hall–Kier alpha value is -4.83. The minimum Gasteiger partial charge on any atom is -0.491 e. The molecule has 1 atom stereocenters. The van der Waals surface area contributed by atoms with Gasteiger partial charge in [0.2, 0.25) is 0 Å². The fourth-order valence-corrected chi connectivity index (χ4v) is 4.57. The number of amides is 1. The average Bonchev–Trinajstić information content (AvgIpc) is 3.33. The Kier molecular flexibility index (Phi) is 7.20. The Morgan fingerprint density at radius 1 is 1.05 bits per heavy atom. The summed E-state index contributed by atoms with van der Waals surface area (Å²) in [5, 5.41) is 15.9. The predicted octanol–water partition coefficient (Wildman–Crippen LogP) is 6.77. The zero-order valence-corrected chi connectivity index (χ0v) is 22.2. The molecule has 196 valence electrons. The van der Waals surface area contributed by atoms with Crippen LogP contribution in [0.2, 0.25) is 0 Å². The van der Waals surface area contributed by atoms with Gasteiger partial charge in [0.15, 0.2) is 0 Å². The fourth-order valence-electron chi connectivity index (χ4n) is 4.57. The second-order valence-electron chi connectivity index (χ2n) is 10.5. The van der Waals surface area contributed by atoms with E-state index in [4.69, 9.17) is 9.47 Å². The molecule has 7 nitrogen and oxygen atoms in total. The summed E-state index contributed by atoms with van der Waals surface area (Å²) < 4.78 is 11.7. The van der Waals surface area contributed by atoms with Gasteiger partial charge in [0.25, 0.3) is 0 Å². The number of para-hydroxylation sites is 1. The normalized spacial score (nSPS) is 12.2. The minimum atomic E-state index is -0.623. The van der Waals surface area contributed by atoms with E-state index in [0.717, 1.165) is 38.4 Å². The number of hydrogen-bond donors (Lipinski definition) is 2. The van der Waals surface area contributed by atoms with E-state index in [-0.39, 0.29) is 12.6 Å². The van der Waals surface area contributed by atoms with Crippen LogP contribution in [-0.4, -0.2) is 34.3 Å². The number of benzene rings is 3. The molecule has 0 aliphatic rings. The molecule has 1 amide bonds. The molecule has 0 aliphatic heterocycles. The van der Waals surface area contributed by atoms with E-state index in [2.05, 4.69) is 33.5 Å². The van der Waals surface area contributed by atoms with Gasteiger partial charge >= 0.3 is 6.09 Å². The van der Waals surface area contributed by atoms with E-state index in [9.17, 15) is 10.1 Å². The van der Waals surface area contributed by atoms with Crippen molar-refractivity contribution in [3.63, 3.8) is 0 Å². The van der Waals surface area contributed by atoms with E-state index in [1.165, 1.54) is 0 Å². The summed E-state index contributed by atoms with van der Waals surface area (Å²) in [5.74, 6) is 0.550. The van der Waals surface area contributed by atoms with Gasteiger partial charge < -0.3 is 19.8 Å². The monoisotopic (exact) mass is 518 g/mol. The van der Waals surface area contributed by atoms with Gasteiger partial charge in [0.05, 0.1) is 17.7 Å². The van der Waals surface area contributed by atoms with Crippen LogP contribution in [0.25, 0.3) is 32.8 Å². The third kappa shape index (κ3) is 6.36. The number of fused-ring (bicyclic) bond motifs is 2. The quantitative estimate of drug-likeness (QED) is 0.248. The molecule has 7 heteroatoms. The van der Waals surface area contributed by atoms with Gasteiger partial charge in [-0.15, -0.1) is 0 Å². The number of carbonyl (C=O) groups excluding carboxylic acids is 1. The third-order valence-electron chi connectivity index (χ3n) is 6.32. The maximum absolute atomic E-state index is 12.7. The van der Waals surface area contributed by atoms with Crippen LogP contribution in [0, 0.1) is 11.3 Å². The second kappa shape index (κ2) is 10.9. The predicted molar refractivity (Wildman–Crippen MR) is 153 cm³/mol. The lowest BCUT2D eigenvalue weighted by Gasteiger charge is -2.24. The summed E-state index contributed by atoms with van der Waals surface area (Å²) >= 11 is 0. The van der Waals surface area contributed by atoms with E-state index >= 15 is 0 Å². The first-order valence-corrected chi connectivity index (χ1v) is 12.8. The first kappa shape index (κ1) is 25.8. The van der Waals surface area contributed by atoms with Crippen molar-refractivity contribution in [3.8, 4) is 22.9 Å². The highest BCUT2D eigenvalue weighted by Crippen LogP contribution is 2.29. The standard InChI is InChI=1S/C32H30N4O3/c1-32(2,3)39-31(37)36-27(15-26-19-35-30-7-5-4-6-29(26)30)20-38-28-13-21(17-33)12-25(16-28)22-8-9-24-18-34-11-10-23(24)14-22/h4-14,16,18-19,27,35H,15,20H2,1-3H3,(H,36,37)/t27-/m0/s1. The van der Waals surface area contributed by atoms with Crippen molar-refractivity contribution in [2.75, 3.05) is 6.61 Å². The Morgan fingerprint density at radius 2 is 1.90 bits per heavy atom. The van der Waals surface area contributed by atoms with E-state index in [1.54, 1.807) is 12.3 Å². The van der Waals surface area contributed by atoms with Crippen LogP contribution in [-0.2, 0) is 11.2 Å². The topological polar surface area (TPSA) is 100 Å². The number of nitrogens with one attached hydrogen (secondary N) is 2. The number of ether oxygens (including phenoxy) is 2. The van der Waals surface area contributed by atoms with Crippen LogP contribution in [0.5, 0.6) is 5.75 Å². The maximum Gasteiger partial charge on any atom is 0.408 e. The zero-order valence-electron chi connectivity index (χ0n) is 22.2. The molecule has 0 aliphatic carbocycles. The Bertz CT molecular complexity index is 1680. The summed E-state index contributed by atoms with van der Waals surface area (Å²) in [6, 6.07) is 23.4. The lowest BCUT2D eigenvalue weighted by molar-refractivity contribution is 0.0488. The molecule has 0 bridgehead atoms. The molecule has 0 saturated heterocycles. The van der Waals surface area contributed by atoms with Crippen molar-refractivity contribution in [1.29, 1.82) is 5.26 Å². The van der Waals surface area contributed by atoms with Gasteiger partial charge in [0.1, 0.15) is 18.0 Å². The highest BCUT2D eigenvalue weighted by molar-refractivity contribution is 5.87. The van der Waals surface area contributed by atoms with Crippen molar-refractivity contribution < 1.29 is 14.3 Å². The summed E-state index contributed by atoms with van der Waals surface area (Å²) in [6.07, 6.45) is 5.57. The van der Waals surface area contributed by atoms with Gasteiger partial charge in [-0.25, -0.2) is 4.79 Å². The first-order chi connectivity index (χ1) is 18.8. The van der Waals surface area contributed by atoms with Crippen molar-refractivity contribution in [1.82, 2.24) is 15.3 Å². The van der Waals surface area contributed by atoms with Gasteiger partial charge in [-0.2, -0.15) is 5.26 Å². The van der Waals surface area contributed by atoms with Crippen LogP contribution in [0.4, 0.5) is 4.79 Å². The smallest absolute Gasteiger partial charge is 0.408 e. The molecule has 39 heavy (non-hydrogen) atoms. The molecule has 0 unspecified atom stereocenters. The van der Waals surface area contributed by atoms with Crippen LogP contribution >= 0.6 is 0 Å². The van der Waals surface area contributed by atoms with Crippen LogP contribution in [0.3, 0.4) is 0 Å². The van der Waals surface area contributed by atoms with E-state index < -0.39 is 11.7 Å². The first-order valence-electron chi connectivity index (χ1n) is 12.8. The van der Waals surface area contributed by atoms with Crippen molar-refractivity contribution in [2.24, 2.45) is 0 Å². The number of aromatic amines is 1. The number of nitriles is 1. The number of hydrogen-bond acceptors (Lipinski definition) is 5. The summed E-state index contributed by atoms with van der Waals surface area (Å²) in [4.78, 5) is 20.1. The molecule has 0 spiro atoms. The average molecular weight is 519 g/mol. The van der Waals surface area contributed by atoms with Crippen LogP contribution < -0.4 is 10.1 Å². The number of nitrogens with zero attached hydrogens (tertiary/aromatic N) is 2. The van der Waals surface area contributed by atoms with Crippen LogP contribution in [0.1, 0.15) is 31.9 Å². The molecule has 0 radical (unpaired) electrons. The molecule has 0 saturated carbocycles. The molecule has 3 aromatic carbocycles. The molecule has 2 N–H and O–H groups in total. The molecule has 0 fully saturated rings. The highest BCUT2D eigenvalue weighted by atomic mass is 16.6. The third-order valence-corrected chi connectivity index (χ3v) is 6.32. The van der Waals surface area contributed by atoms with Gasteiger partial charge in [-0.1, -0.05) is 30.3 Å². The second-order valence-corrected chi connectivity index (χ2v) is 10.5. The van der Waals surface area contributed by atoms with Crippen molar-refractivity contribution in [2.45, 2.75) is 38.8 Å². The summed E-state index contributed by atoms with van der Waals surface area (Å²) in [7, 11) is 0. The summed E-state index contributed by atoms with van der Waals surface area (Å²) in [6.45, 7) is 5.68. The molecular formula is C32H30N4O3. The lowest BCUT2D eigenvalue weighted by atomic mass is 10.0. The number of H-pyrrole nitrogens is 1. The molecular weight excluding hydrogens is 488 g/mol. The molecule has 5 rings (SSSR count). The van der Waals surface area contributed by atoms with Crippen molar-refractivity contribution >= 4 is 27.8 Å². The SMILES string of the molecule is CC(C)(C)OC(=O)N[C@H](COc1cc(C#N)cc(-c2ccc3cnccc3c2)c1)Cc1c[nH]c2ccccc12. The van der Waals surface area contributed by atoms with Gasteiger partial charge in [0, 0.05) is 34.9 Å². The van der Waals surface area contributed by atoms with E-state index in [1.807, 2.05) is 81.7 Å². The Balaban J connectivity index is 1.39. The fraction of sp³-hybridized carbons (Fsp3) is 0.219. The maximum atomic E-state index is 12.7. The summed E-state index contributed by atoms with van der Waals surface area (Å²) in [5.41, 5.74) is 3.80. The zero-order chi connectivity index (χ0) is 27.4. The Morgan fingerprint density at radius 3 is 2.72 bits per heavy atom. The minimum absolute atomic E-state index is 0.191. The number of pyridine rings is 1. The van der Waals surface area contributed by atoms with Gasteiger partial charge in [-0.05, 0) is 85.7 Å². The molecule has 5 aromatic rings. The number of alkyl carbamates (subject to hydrolysis) is 1. The molecule has 2 aromatic heterocycles. The number of aromatic nitrogens is 2. The highest BCUT2D eigenvalue weighted by Gasteiger charge is 2.21. The van der Waals surface area contributed by atoms with E-state index in [0.29, 0.717) is 17.7 Å². The molecule has 2 heterocycles. The van der Waals surface area contributed by atoms with Gasteiger partial charge in [-0.3, -0.25) is 4.98 Å². The van der Waals surface area contributed by atoms with Crippen molar-refractivity contribution in [3.05, 3.63) is 96.4 Å². The Labute approximate surface area is 227 Å². The van der Waals surface area contributed by atoms with Crippen LogP contribution in [0.15, 0.2) is 85.3 Å². The largest absolute Gasteiger partial charge is 0.491 e. The number of carbonyl (C=O) groups is 1.